The molecule has 0 aliphatic carbocycles. The molecule has 1 aliphatic rings. The van der Waals surface area contributed by atoms with E-state index in [9.17, 15) is 4.79 Å². The molecule has 7 heteroatoms. The first-order chi connectivity index (χ1) is 12.2. The van der Waals surface area contributed by atoms with Crippen molar-refractivity contribution >= 4 is 11.7 Å². The summed E-state index contributed by atoms with van der Waals surface area (Å²) in [4.78, 5) is 23.5. The Balaban J connectivity index is 1.72. The van der Waals surface area contributed by atoms with Gasteiger partial charge in [-0.05, 0) is 25.0 Å². The van der Waals surface area contributed by atoms with Crippen LogP contribution in [0, 0.1) is 0 Å². The molecule has 7 nitrogen and oxygen atoms in total. The molecule has 3 rings (SSSR count). The Morgan fingerprint density at radius 1 is 1.40 bits per heavy atom. The van der Waals surface area contributed by atoms with Gasteiger partial charge in [-0.2, -0.15) is 0 Å². The third kappa shape index (κ3) is 3.99. The number of imidazole rings is 1. The molecular formula is C18H25N5O2. The second-order valence-corrected chi connectivity index (χ2v) is 6.24. The lowest BCUT2D eigenvalue weighted by atomic mass is 9.96. The number of likely N-dealkylation sites (tertiary alicyclic amines) is 1. The van der Waals surface area contributed by atoms with Crippen LogP contribution in [-0.4, -0.2) is 59.2 Å². The van der Waals surface area contributed by atoms with E-state index in [4.69, 9.17) is 4.74 Å². The van der Waals surface area contributed by atoms with Crippen molar-refractivity contribution in [1.82, 2.24) is 19.4 Å². The van der Waals surface area contributed by atoms with E-state index >= 15 is 0 Å². The summed E-state index contributed by atoms with van der Waals surface area (Å²) in [7, 11) is 3.50. The Bertz CT molecular complexity index is 715. The maximum absolute atomic E-state index is 12.9. The zero-order valence-electron chi connectivity index (χ0n) is 14.8. The van der Waals surface area contributed by atoms with Crippen molar-refractivity contribution in [3.63, 3.8) is 0 Å². The van der Waals surface area contributed by atoms with Crippen molar-refractivity contribution in [2.45, 2.75) is 25.3 Å². The minimum absolute atomic E-state index is 0.0543. The van der Waals surface area contributed by atoms with Crippen LogP contribution in [0.2, 0.25) is 0 Å². The first-order valence-electron chi connectivity index (χ1n) is 8.66. The van der Waals surface area contributed by atoms with Crippen molar-refractivity contribution in [2.24, 2.45) is 0 Å². The number of piperidine rings is 1. The summed E-state index contributed by atoms with van der Waals surface area (Å²) in [6.45, 7) is 2.92. The summed E-state index contributed by atoms with van der Waals surface area (Å²) in [6, 6.07) is 3.57. The number of methoxy groups -OCH3 is 1. The third-order valence-corrected chi connectivity index (χ3v) is 4.62. The molecule has 1 aliphatic heterocycles. The van der Waals surface area contributed by atoms with Crippen LogP contribution in [0.5, 0.6) is 0 Å². The summed E-state index contributed by atoms with van der Waals surface area (Å²) in [5.41, 5.74) is 0.669. The maximum Gasteiger partial charge on any atom is 0.254 e. The van der Waals surface area contributed by atoms with Gasteiger partial charge in [0.05, 0.1) is 6.61 Å². The van der Waals surface area contributed by atoms with Crippen molar-refractivity contribution in [2.75, 3.05) is 39.2 Å². The maximum atomic E-state index is 12.9. The summed E-state index contributed by atoms with van der Waals surface area (Å²) in [6.07, 6.45) is 7.51. The highest BCUT2D eigenvalue weighted by molar-refractivity contribution is 5.94. The van der Waals surface area contributed by atoms with Gasteiger partial charge in [0.25, 0.3) is 5.91 Å². The Morgan fingerprint density at radius 3 is 3.08 bits per heavy atom. The van der Waals surface area contributed by atoms with E-state index in [0.717, 1.165) is 31.8 Å². The Labute approximate surface area is 148 Å². The molecule has 134 valence electrons. The summed E-state index contributed by atoms with van der Waals surface area (Å²) >= 11 is 0. The standard InChI is InChI=1S/C18H25N5O2/c1-19-16-12-14(5-6-20-16)18(24)23-8-3-4-15(13-23)17-21-7-9-22(17)10-11-25-2/h5-7,9,12,15H,3-4,8,10-11,13H2,1-2H3,(H,19,20)/t15-/m0/s1. The van der Waals surface area contributed by atoms with Gasteiger partial charge in [0, 0.05) is 63.9 Å². The number of nitrogens with one attached hydrogen (secondary N) is 1. The van der Waals surface area contributed by atoms with Gasteiger partial charge >= 0.3 is 0 Å². The molecule has 3 heterocycles. The average Bonchev–Trinajstić information content (AvgIpc) is 3.14. The SMILES string of the molecule is CNc1cc(C(=O)N2CCC[C@H](c3nccn3CCOC)C2)ccn1. The molecule has 0 spiro atoms. The molecule has 0 unspecified atom stereocenters. The van der Waals surface area contributed by atoms with Crippen LogP contribution in [0.15, 0.2) is 30.7 Å². The van der Waals surface area contributed by atoms with Gasteiger partial charge in [-0.15, -0.1) is 0 Å². The van der Waals surface area contributed by atoms with Crippen molar-refractivity contribution in [3.05, 3.63) is 42.1 Å². The van der Waals surface area contributed by atoms with Crippen LogP contribution in [0.3, 0.4) is 0 Å². The number of carbonyl (C=O) groups excluding carboxylic acids is 1. The van der Waals surface area contributed by atoms with Gasteiger partial charge in [-0.3, -0.25) is 4.79 Å². The largest absolute Gasteiger partial charge is 0.383 e. The highest BCUT2D eigenvalue weighted by Crippen LogP contribution is 2.27. The van der Waals surface area contributed by atoms with Crippen LogP contribution in [0.1, 0.15) is 34.9 Å². The van der Waals surface area contributed by atoms with Gasteiger partial charge < -0.3 is 19.5 Å². The highest BCUT2D eigenvalue weighted by Gasteiger charge is 2.28. The minimum atomic E-state index is 0.0543. The average molecular weight is 343 g/mol. The van der Waals surface area contributed by atoms with E-state index < -0.39 is 0 Å². The normalized spacial score (nSPS) is 17.5. The monoisotopic (exact) mass is 343 g/mol. The van der Waals surface area contributed by atoms with Crippen LogP contribution in [0.4, 0.5) is 5.82 Å². The number of rotatable bonds is 6. The molecule has 0 bridgehead atoms. The Morgan fingerprint density at radius 2 is 2.28 bits per heavy atom. The van der Waals surface area contributed by atoms with Crippen LogP contribution < -0.4 is 5.32 Å². The number of anilines is 1. The number of ether oxygens (including phenoxy) is 1. The fraction of sp³-hybridized carbons (Fsp3) is 0.500. The summed E-state index contributed by atoms with van der Waals surface area (Å²) in [5.74, 6) is 2.06. The van der Waals surface area contributed by atoms with Gasteiger partial charge in [0.1, 0.15) is 11.6 Å². The second-order valence-electron chi connectivity index (χ2n) is 6.24. The molecule has 1 atom stereocenters. The Hall–Kier alpha value is -2.41. The topological polar surface area (TPSA) is 72.3 Å². The van der Waals surface area contributed by atoms with E-state index in [-0.39, 0.29) is 11.8 Å². The number of aromatic nitrogens is 3. The number of nitrogens with zero attached hydrogens (tertiary/aromatic N) is 4. The molecule has 1 saturated heterocycles. The Kier molecular flexibility index (Phi) is 5.65. The van der Waals surface area contributed by atoms with Crippen molar-refractivity contribution < 1.29 is 9.53 Å². The predicted molar refractivity (Wildman–Crippen MR) is 95.8 cm³/mol. The molecule has 2 aromatic rings. The number of hydrogen-bond acceptors (Lipinski definition) is 5. The zero-order chi connectivity index (χ0) is 17.6. The summed E-state index contributed by atoms with van der Waals surface area (Å²) in [5, 5.41) is 2.98. The van der Waals surface area contributed by atoms with E-state index in [1.54, 1.807) is 32.5 Å². The number of amides is 1. The molecule has 25 heavy (non-hydrogen) atoms. The molecule has 2 aromatic heterocycles. The lowest BCUT2D eigenvalue weighted by Crippen LogP contribution is -2.39. The van der Waals surface area contributed by atoms with Gasteiger partial charge in [0.2, 0.25) is 0 Å². The molecule has 1 fully saturated rings. The van der Waals surface area contributed by atoms with E-state index in [1.165, 1.54) is 0 Å². The fourth-order valence-corrected chi connectivity index (χ4v) is 3.31. The molecule has 0 radical (unpaired) electrons. The van der Waals surface area contributed by atoms with Crippen molar-refractivity contribution in [3.8, 4) is 0 Å². The number of carbonyl (C=O) groups is 1. The van der Waals surface area contributed by atoms with E-state index in [2.05, 4.69) is 19.9 Å². The van der Waals surface area contributed by atoms with Gasteiger partial charge in [-0.25, -0.2) is 9.97 Å². The molecule has 1 N–H and O–H groups in total. The molecular weight excluding hydrogens is 318 g/mol. The number of pyridine rings is 1. The number of hydrogen-bond donors (Lipinski definition) is 1. The van der Waals surface area contributed by atoms with E-state index in [0.29, 0.717) is 24.5 Å². The van der Waals surface area contributed by atoms with Gasteiger partial charge in [0.15, 0.2) is 0 Å². The highest BCUT2D eigenvalue weighted by atomic mass is 16.5. The van der Waals surface area contributed by atoms with E-state index in [1.807, 2.05) is 17.3 Å². The first kappa shape index (κ1) is 17.4. The van der Waals surface area contributed by atoms with Gasteiger partial charge in [-0.1, -0.05) is 0 Å². The third-order valence-electron chi connectivity index (χ3n) is 4.62. The first-order valence-corrected chi connectivity index (χ1v) is 8.66. The zero-order valence-corrected chi connectivity index (χ0v) is 14.8. The molecule has 1 amide bonds. The quantitative estimate of drug-likeness (QED) is 0.868. The van der Waals surface area contributed by atoms with Crippen LogP contribution >= 0.6 is 0 Å². The summed E-state index contributed by atoms with van der Waals surface area (Å²) < 4.78 is 7.30. The second kappa shape index (κ2) is 8.11. The minimum Gasteiger partial charge on any atom is -0.383 e. The lowest BCUT2D eigenvalue weighted by Gasteiger charge is -2.32. The molecule has 0 saturated carbocycles. The fourth-order valence-electron chi connectivity index (χ4n) is 3.31. The molecule has 0 aromatic carbocycles. The van der Waals surface area contributed by atoms with Crippen LogP contribution in [-0.2, 0) is 11.3 Å². The van der Waals surface area contributed by atoms with Crippen molar-refractivity contribution in [1.29, 1.82) is 0 Å². The smallest absolute Gasteiger partial charge is 0.254 e. The van der Waals surface area contributed by atoms with Crippen LogP contribution in [0.25, 0.3) is 0 Å². The predicted octanol–water partition coefficient (Wildman–Crippen LogP) is 1.99. The lowest BCUT2D eigenvalue weighted by molar-refractivity contribution is 0.0702.